The Labute approximate surface area is 130 Å². The molecule has 1 aromatic rings. The standard InChI is InChI=1S/C15H17BrF3NO/c1-2-10-4-3-7-20(9-10)14(21)11-5-6-13(16)12(8-11)15(17,18)19/h5-6,8,10H,2-4,7,9H2,1H3. The summed E-state index contributed by atoms with van der Waals surface area (Å²) in [7, 11) is 0. The van der Waals surface area contributed by atoms with Crippen LogP contribution in [0.2, 0.25) is 0 Å². The SMILES string of the molecule is CCC1CCCN(C(=O)c2ccc(Br)c(C(F)(F)F)c2)C1. The molecule has 1 aliphatic heterocycles. The smallest absolute Gasteiger partial charge is 0.338 e. The second kappa shape index (κ2) is 6.38. The average Bonchev–Trinajstić information content (AvgIpc) is 2.46. The number of halogens is 4. The molecule has 1 amide bonds. The molecule has 0 bridgehead atoms. The van der Waals surface area contributed by atoms with Gasteiger partial charge < -0.3 is 4.90 Å². The lowest BCUT2D eigenvalue weighted by Gasteiger charge is -2.32. The van der Waals surface area contributed by atoms with Gasteiger partial charge in [-0.15, -0.1) is 0 Å². The van der Waals surface area contributed by atoms with Gasteiger partial charge in [0, 0.05) is 23.1 Å². The fraction of sp³-hybridized carbons (Fsp3) is 0.533. The molecule has 1 saturated heterocycles. The van der Waals surface area contributed by atoms with Crippen molar-refractivity contribution in [3.63, 3.8) is 0 Å². The second-order valence-electron chi connectivity index (χ2n) is 5.36. The molecule has 6 heteroatoms. The van der Waals surface area contributed by atoms with Gasteiger partial charge in [0.2, 0.25) is 0 Å². The maximum atomic E-state index is 12.9. The molecule has 0 saturated carbocycles. The highest BCUT2D eigenvalue weighted by Gasteiger charge is 2.34. The van der Waals surface area contributed by atoms with Crippen LogP contribution in [0.15, 0.2) is 22.7 Å². The lowest BCUT2D eigenvalue weighted by Crippen LogP contribution is -2.39. The van der Waals surface area contributed by atoms with E-state index in [1.165, 1.54) is 12.1 Å². The predicted molar refractivity (Wildman–Crippen MR) is 78.1 cm³/mol. The van der Waals surface area contributed by atoms with E-state index in [0.717, 1.165) is 25.3 Å². The van der Waals surface area contributed by atoms with Crippen LogP contribution in [0, 0.1) is 5.92 Å². The molecule has 21 heavy (non-hydrogen) atoms. The lowest BCUT2D eigenvalue weighted by atomic mass is 9.95. The number of amides is 1. The van der Waals surface area contributed by atoms with Crippen LogP contribution >= 0.6 is 15.9 Å². The highest BCUT2D eigenvalue weighted by atomic mass is 79.9. The van der Waals surface area contributed by atoms with Crippen molar-refractivity contribution in [2.75, 3.05) is 13.1 Å². The molecule has 0 spiro atoms. The minimum atomic E-state index is -4.47. The number of rotatable bonds is 2. The molecule has 0 radical (unpaired) electrons. The van der Waals surface area contributed by atoms with E-state index >= 15 is 0 Å². The van der Waals surface area contributed by atoms with Crippen molar-refractivity contribution in [1.82, 2.24) is 4.90 Å². The van der Waals surface area contributed by atoms with Crippen LogP contribution in [-0.4, -0.2) is 23.9 Å². The third-order valence-corrected chi connectivity index (χ3v) is 4.59. The normalized spacial score (nSPS) is 19.7. The maximum absolute atomic E-state index is 12.9. The molecular formula is C15H17BrF3NO. The van der Waals surface area contributed by atoms with Crippen molar-refractivity contribution in [1.29, 1.82) is 0 Å². The van der Waals surface area contributed by atoms with E-state index in [2.05, 4.69) is 22.9 Å². The minimum Gasteiger partial charge on any atom is -0.338 e. The molecule has 2 rings (SSSR count). The molecular weight excluding hydrogens is 347 g/mol. The lowest BCUT2D eigenvalue weighted by molar-refractivity contribution is -0.138. The summed E-state index contributed by atoms with van der Waals surface area (Å²) in [5.74, 6) is 0.131. The number of carbonyl (C=O) groups is 1. The van der Waals surface area contributed by atoms with E-state index in [0.29, 0.717) is 19.0 Å². The number of likely N-dealkylation sites (tertiary alicyclic amines) is 1. The predicted octanol–water partition coefficient (Wildman–Crippen LogP) is 4.73. The van der Waals surface area contributed by atoms with Crippen LogP contribution in [-0.2, 0) is 6.18 Å². The highest BCUT2D eigenvalue weighted by Crippen LogP contribution is 2.35. The molecule has 1 unspecified atom stereocenters. The van der Waals surface area contributed by atoms with Gasteiger partial charge in [0.15, 0.2) is 0 Å². The van der Waals surface area contributed by atoms with Gasteiger partial charge in [-0.3, -0.25) is 4.79 Å². The van der Waals surface area contributed by atoms with Crippen molar-refractivity contribution in [3.05, 3.63) is 33.8 Å². The van der Waals surface area contributed by atoms with E-state index < -0.39 is 11.7 Å². The molecule has 1 fully saturated rings. The number of hydrogen-bond acceptors (Lipinski definition) is 1. The Bertz CT molecular complexity index is 530. The third-order valence-electron chi connectivity index (χ3n) is 3.90. The summed E-state index contributed by atoms with van der Waals surface area (Å²) >= 11 is 2.89. The van der Waals surface area contributed by atoms with Gasteiger partial charge in [-0.1, -0.05) is 29.3 Å². The summed E-state index contributed by atoms with van der Waals surface area (Å²) in [6.07, 6.45) is -1.50. The van der Waals surface area contributed by atoms with Crippen molar-refractivity contribution < 1.29 is 18.0 Å². The monoisotopic (exact) mass is 363 g/mol. The molecule has 1 atom stereocenters. The Morgan fingerprint density at radius 2 is 2.14 bits per heavy atom. The summed E-state index contributed by atoms with van der Waals surface area (Å²) in [5, 5.41) is 0. The topological polar surface area (TPSA) is 20.3 Å². The number of carbonyl (C=O) groups excluding carboxylic acids is 1. The largest absolute Gasteiger partial charge is 0.417 e. The van der Waals surface area contributed by atoms with Crippen LogP contribution in [0.1, 0.15) is 42.1 Å². The number of hydrogen-bond donors (Lipinski definition) is 0. The van der Waals surface area contributed by atoms with Gasteiger partial charge in [-0.2, -0.15) is 13.2 Å². The fourth-order valence-electron chi connectivity index (χ4n) is 2.64. The number of piperidine rings is 1. The van der Waals surface area contributed by atoms with E-state index in [4.69, 9.17) is 0 Å². The first-order chi connectivity index (χ1) is 9.82. The first-order valence-corrected chi connectivity index (χ1v) is 7.78. The zero-order chi connectivity index (χ0) is 15.6. The van der Waals surface area contributed by atoms with Crippen LogP contribution in [0.25, 0.3) is 0 Å². The quantitative estimate of drug-likeness (QED) is 0.743. The van der Waals surface area contributed by atoms with Crippen LogP contribution in [0.5, 0.6) is 0 Å². The summed E-state index contributed by atoms with van der Waals surface area (Å²) in [5.41, 5.74) is -0.709. The fourth-order valence-corrected chi connectivity index (χ4v) is 3.11. The van der Waals surface area contributed by atoms with Crippen LogP contribution in [0.4, 0.5) is 13.2 Å². The van der Waals surface area contributed by atoms with Crippen molar-refractivity contribution >= 4 is 21.8 Å². The van der Waals surface area contributed by atoms with E-state index in [1.807, 2.05) is 0 Å². The van der Waals surface area contributed by atoms with E-state index in [1.54, 1.807) is 4.90 Å². The molecule has 1 aromatic carbocycles. The average molecular weight is 364 g/mol. The number of alkyl halides is 3. The summed E-state index contributed by atoms with van der Waals surface area (Å²) in [6.45, 7) is 3.32. The van der Waals surface area contributed by atoms with Gasteiger partial charge in [0.25, 0.3) is 5.91 Å². The zero-order valence-electron chi connectivity index (χ0n) is 11.7. The Morgan fingerprint density at radius 3 is 2.76 bits per heavy atom. The van der Waals surface area contributed by atoms with Crippen molar-refractivity contribution in [2.45, 2.75) is 32.4 Å². The molecule has 1 aliphatic rings. The summed E-state index contributed by atoms with van der Waals surface area (Å²) in [4.78, 5) is 14.1. The molecule has 0 aliphatic carbocycles. The number of benzene rings is 1. The Kier molecular flexibility index (Phi) is 4.96. The molecule has 1 heterocycles. The Morgan fingerprint density at radius 1 is 1.43 bits per heavy atom. The Hall–Kier alpha value is -1.04. The minimum absolute atomic E-state index is 0.0448. The van der Waals surface area contributed by atoms with Gasteiger partial charge in [0.05, 0.1) is 5.56 Å². The molecule has 0 aromatic heterocycles. The zero-order valence-corrected chi connectivity index (χ0v) is 13.3. The van der Waals surface area contributed by atoms with Crippen molar-refractivity contribution in [3.8, 4) is 0 Å². The second-order valence-corrected chi connectivity index (χ2v) is 6.21. The van der Waals surface area contributed by atoms with Crippen LogP contribution < -0.4 is 0 Å². The number of nitrogens with zero attached hydrogens (tertiary/aromatic N) is 1. The third kappa shape index (κ3) is 3.78. The molecule has 0 N–H and O–H groups in total. The molecule has 2 nitrogen and oxygen atoms in total. The van der Waals surface area contributed by atoms with Gasteiger partial charge >= 0.3 is 6.18 Å². The first-order valence-electron chi connectivity index (χ1n) is 6.99. The maximum Gasteiger partial charge on any atom is 0.417 e. The van der Waals surface area contributed by atoms with Crippen LogP contribution in [0.3, 0.4) is 0 Å². The van der Waals surface area contributed by atoms with Crippen molar-refractivity contribution in [2.24, 2.45) is 5.92 Å². The van der Waals surface area contributed by atoms with E-state index in [-0.39, 0.29) is 15.9 Å². The van der Waals surface area contributed by atoms with Gasteiger partial charge in [0.1, 0.15) is 0 Å². The summed E-state index contributed by atoms with van der Waals surface area (Å²) < 4.78 is 38.6. The van der Waals surface area contributed by atoms with Gasteiger partial charge in [-0.25, -0.2) is 0 Å². The first kappa shape index (κ1) is 16.3. The molecule has 116 valence electrons. The highest BCUT2D eigenvalue weighted by molar-refractivity contribution is 9.10. The van der Waals surface area contributed by atoms with Gasteiger partial charge in [-0.05, 0) is 37.0 Å². The summed E-state index contributed by atoms with van der Waals surface area (Å²) in [6, 6.07) is 3.66. The van der Waals surface area contributed by atoms with E-state index in [9.17, 15) is 18.0 Å². The Balaban J connectivity index is 2.23.